The van der Waals surface area contributed by atoms with E-state index in [4.69, 9.17) is 25.4 Å². The number of aliphatic hydroxyl groups excluding tert-OH is 1. The first-order valence-electron chi connectivity index (χ1n) is 31.1. The Kier molecular flexibility index (Phi) is 17.3. The van der Waals surface area contributed by atoms with Crippen LogP contribution >= 0.6 is 11.3 Å². The van der Waals surface area contributed by atoms with Crippen LogP contribution in [0.1, 0.15) is 121 Å². The van der Waals surface area contributed by atoms with E-state index in [9.17, 15) is 24.6 Å². The van der Waals surface area contributed by atoms with E-state index >= 15 is 8.78 Å². The molecule has 3 amide bonds. The summed E-state index contributed by atoms with van der Waals surface area (Å²) in [6.07, 6.45) is 11.7. The first-order valence-corrected chi connectivity index (χ1v) is 32.0. The van der Waals surface area contributed by atoms with Crippen LogP contribution in [0.4, 0.5) is 25.2 Å². The van der Waals surface area contributed by atoms with Crippen molar-refractivity contribution in [3.05, 3.63) is 101 Å². The molecule has 3 N–H and O–H groups in total. The third-order valence-corrected chi connectivity index (χ3v) is 19.7. The highest BCUT2D eigenvalue weighted by Gasteiger charge is 2.46. The van der Waals surface area contributed by atoms with Crippen LogP contribution in [0.2, 0.25) is 0 Å². The lowest BCUT2D eigenvalue weighted by molar-refractivity contribution is -0.141. The van der Waals surface area contributed by atoms with Crippen molar-refractivity contribution in [3.63, 3.8) is 0 Å². The number of carbonyl (C=O) groups excluding carboxylic acids is 3. The number of anilines is 2. The molecule has 9 heterocycles. The molecule has 0 saturated carbocycles. The molecule has 4 unspecified atom stereocenters. The number of terminal acetylenes is 1. The van der Waals surface area contributed by atoms with Gasteiger partial charge < -0.3 is 44.2 Å². The number of phenolic OH excluding ortho intramolecular Hbond substituents is 1. The number of piperazine rings is 1. The van der Waals surface area contributed by atoms with Crippen molar-refractivity contribution in [2.75, 3.05) is 68.8 Å². The van der Waals surface area contributed by atoms with Gasteiger partial charge in [-0.05, 0) is 139 Å². The number of carbonyl (C=O) groups is 3. The maximum atomic E-state index is 17.4. The van der Waals surface area contributed by atoms with Gasteiger partial charge in [0.05, 0.1) is 51.3 Å². The van der Waals surface area contributed by atoms with Gasteiger partial charge in [-0.2, -0.15) is 9.97 Å². The average Bonchev–Trinajstić information content (AvgIpc) is 1.55. The van der Waals surface area contributed by atoms with Crippen LogP contribution < -0.4 is 19.9 Å². The van der Waals surface area contributed by atoms with Gasteiger partial charge in [-0.3, -0.25) is 24.4 Å². The molecule has 468 valence electrons. The van der Waals surface area contributed by atoms with E-state index in [1.807, 2.05) is 94.1 Å². The number of phenols is 1. The van der Waals surface area contributed by atoms with Crippen LogP contribution in [-0.4, -0.2) is 157 Å². The number of hydrogen-bond donors (Lipinski definition) is 3. The van der Waals surface area contributed by atoms with Crippen molar-refractivity contribution in [3.8, 4) is 45.8 Å². The number of halogens is 2. The molecule has 22 heteroatoms. The number of aryl methyl sites for hydroxylation is 1. The van der Waals surface area contributed by atoms with Crippen LogP contribution in [0.25, 0.3) is 43.4 Å². The van der Waals surface area contributed by atoms with Crippen LogP contribution in [0.5, 0.6) is 11.8 Å². The number of aromatic nitrogens is 5. The maximum Gasteiger partial charge on any atom is 0.410 e. The Hall–Kier alpha value is -8.00. The Morgan fingerprint density at radius 2 is 1.61 bits per heavy atom. The summed E-state index contributed by atoms with van der Waals surface area (Å²) in [4.78, 5) is 71.5. The zero-order valence-electron chi connectivity index (χ0n) is 51.4. The van der Waals surface area contributed by atoms with Gasteiger partial charge in [0.25, 0.3) is 0 Å². The predicted molar refractivity (Wildman–Crippen MR) is 336 cm³/mol. The SMILES string of the molecule is C#Cc1c(F)ccc2cc(O)cc(-c3ncc4c(N5CC6CCC(C5)N6C(=O)OC(C)(C)C)nc(OCCN5CCC(C6CCN(c7cc(C(C(=O)N8C[C@H](O)C[C@H]8C(=O)NC(C)c8ccc(-c9scnc9C)cc8)C(C)C)on7)CC6)CC5)nc4c3F)c12. The molecule has 89 heavy (non-hydrogen) atoms. The Morgan fingerprint density at radius 1 is 0.899 bits per heavy atom. The highest BCUT2D eigenvalue weighted by Crippen LogP contribution is 2.42. The summed E-state index contributed by atoms with van der Waals surface area (Å²) in [5.74, 6) is 1.85. The number of ether oxygens (including phenoxy) is 2. The van der Waals surface area contributed by atoms with Crippen molar-refractivity contribution in [2.45, 2.75) is 135 Å². The largest absolute Gasteiger partial charge is 0.508 e. The number of amides is 3. The third kappa shape index (κ3) is 12.5. The minimum atomic E-state index is -0.841. The second kappa shape index (κ2) is 25.1. The molecule has 19 nitrogen and oxygen atoms in total. The van der Waals surface area contributed by atoms with E-state index in [0.717, 1.165) is 86.4 Å². The average molecular weight is 1230 g/mol. The molecule has 0 aliphatic carbocycles. The molecule has 2 bridgehead atoms. The standard InChI is InChI=1S/C67H77F2N11O8S/c1-9-49-52(68)17-14-44-28-47(81)29-50(57(44)49)59-58(69)60-51(32-70-59)62(78-33-45-15-16-46(34-78)80(45)66(85)87-67(6,7)8)74-65(73-60)86-27-26-76-22-18-41(19-23-76)42-20-24-77(25-21-42)55-31-54(88-75-55)56(37(2)3)64(84)79-35-48(82)30-53(79)63(83)72-38(4)40-10-12-43(13-11-40)61-39(5)71-36-89-61/h1,10-14,17,28-29,31-32,36-38,41-42,45-46,48,53,56,81-82H,15-16,18-27,30,33-35H2,2-8H3,(H,72,83)/t38?,45?,46?,48-,53+,56?/m1/s1. The number of fused-ring (bicyclic) bond motifs is 4. The van der Waals surface area contributed by atoms with Gasteiger partial charge in [-0.15, -0.1) is 17.8 Å². The van der Waals surface area contributed by atoms with Gasteiger partial charge >= 0.3 is 12.1 Å². The highest BCUT2D eigenvalue weighted by molar-refractivity contribution is 7.13. The number of hydrogen-bond acceptors (Lipinski definition) is 17. The monoisotopic (exact) mass is 1230 g/mol. The van der Waals surface area contributed by atoms with Crippen LogP contribution in [0.15, 0.2) is 70.8 Å². The number of aromatic hydroxyl groups is 1. The lowest BCUT2D eigenvalue weighted by Gasteiger charge is -2.42. The molecule has 0 spiro atoms. The molecule has 5 aliphatic heterocycles. The lowest BCUT2D eigenvalue weighted by Crippen LogP contribution is -2.57. The van der Waals surface area contributed by atoms with E-state index in [1.54, 1.807) is 11.3 Å². The number of pyridine rings is 1. The number of thiazole rings is 1. The van der Waals surface area contributed by atoms with Crippen molar-refractivity contribution in [2.24, 2.45) is 17.8 Å². The summed E-state index contributed by atoms with van der Waals surface area (Å²) < 4.78 is 50.7. The quantitative estimate of drug-likeness (QED) is 0.0814. The van der Waals surface area contributed by atoms with Crippen molar-refractivity contribution in [1.82, 2.24) is 45.1 Å². The fourth-order valence-corrected chi connectivity index (χ4v) is 15.0. The zero-order chi connectivity index (χ0) is 62.6. The van der Waals surface area contributed by atoms with E-state index < -0.39 is 35.3 Å². The summed E-state index contributed by atoms with van der Waals surface area (Å²) in [5.41, 5.74) is 3.88. The number of rotatable bonds is 15. The number of nitrogens with one attached hydrogen (secondary N) is 1. The zero-order valence-corrected chi connectivity index (χ0v) is 52.2. The highest BCUT2D eigenvalue weighted by atomic mass is 32.1. The normalized spacial score (nSPS) is 21.0. The van der Waals surface area contributed by atoms with E-state index in [0.29, 0.717) is 59.6 Å². The molecule has 5 aliphatic rings. The Morgan fingerprint density at radius 3 is 2.27 bits per heavy atom. The fourth-order valence-electron chi connectivity index (χ4n) is 14.2. The molecular formula is C67H77F2N11O8S. The first-order chi connectivity index (χ1) is 42.7. The Balaban J connectivity index is 0.671. The second-order valence-electron chi connectivity index (χ2n) is 26.0. The van der Waals surface area contributed by atoms with Crippen LogP contribution in [-0.2, 0) is 14.3 Å². The van der Waals surface area contributed by atoms with Crippen molar-refractivity contribution >= 4 is 62.6 Å². The van der Waals surface area contributed by atoms with Gasteiger partial charge in [0.1, 0.15) is 52.8 Å². The molecule has 5 fully saturated rings. The lowest BCUT2D eigenvalue weighted by atomic mass is 9.79. The predicted octanol–water partition coefficient (Wildman–Crippen LogP) is 10.4. The van der Waals surface area contributed by atoms with E-state index in [-0.39, 0.29) is 101 Å². The number of nitrogens with zero attached hydrogens (tertiary/aromatic N) is 10. The van der Waals surface area contributed by atoms with Crippen molar-refractivity contribution < 1.29 is 47.4 Å². The summed E-state index contributed by atoms with van der Waals surface area (Å²) in [6, 6.07) is 13.8. The Labute approximate surface area is 520 Å². The number of likely N-dealkylation sites (tertiary alicyclic amines) is 2. The Bertz CT molecular complexity index is 3820. The summed E-state index contributed by atoms with van der Waals surface area (Å²) in [7, 11) is 0. The van der Waals surface area contributed by atoms with Crippen LogP contribution in [0.3, 0.4) is 0 Å². The topological polar surface area (TPSA) is 216 Å². The van der Waals surface area contributed by atoms with Gasteiger partial charge in [0, 0.05) is 68.9 Å². The second-order valence-corrected chi connectivity index (χ2v) is 26.9. The summed E-state index contributed by atoms with van der Waals surface area (Å²) in [6.45, 7) is 18.3. The summed E-state index contributed by atoms with van der Waals surface area (Å²) >= 11 is 1.58. The van der Waals surface area contributed by atoms with Crippen molar-refractivity contribution in [1.29, 1.82) is 0 Å². The molecule has 6 atom stereocenters. The molecule has 4 aromatic heterocycles. The van der Waals surface area contributed by atoms with E-state index in [2.05, 4.69) is 41.1 Å². The minimum Gasteiger partial charge on any atom is -0.508 e. The fraction of sp³-hybridized carbons (Fsp3) is 0.493. The van der Waals surface area contributed by atoms with Gasteiger partial charge in [0.2, 0.25) is 11.8 Å². The van der Waals surface area contributed by atoms with Gasteiger partial charge in [-0.1, -0.05) is 55.3 Å². The summed E-state index contributed by atoms with van der Waals surface area (Å²) in [5, 5.41) is 30.2. The third-order valence-electron chi connectivity index (χ3n) is 18.7. The number of aliphatic hydroxyl groups is 1. The molecular weight excluding hydrogens is 1160 g/mol. The molecule has 3 aromatic carbocycles. The molecule has 12 rings (SSSR count). The number of β-amino-alcohol motifs (C(OH)–C–C–N with tert-alkyl or cyclic N) is 1. The molecule has 7 aromatic rings. The minimum absolute atomic E-state index is 0.0273. The number of piperidine rings is 2. The molecule has 0 radical (unpaired) electrons. The van der Waals surface area contributed by atoms with Gasteiger partial charge in [-0.25, -0.2) is 18.6 Å². The smallest absolute Gasteiger partial charge is 0.410 e. The first kappa shape index (κ1) is 61.2. The molecule has 5 saturated heterocycles. The van der Waals surface area contributed by atoms with Crippen LogP contribution in [0, 0.1) is 48.7 Å². The van der Waals surface area contributed by atoms with E-state index in [1.165, 1.54) is 35.4 Å². The maximum absolute atomic E-state index is 17.4. The van der Waals surface area contributed by atoms with Gasteiger partial charge in [0.15, 0.2) is 17.4 Å². The number of benzene rings is 3.